The first-order valence-corrected chi connectivity index (χ1v) is 30.4. The first-order chi connectivity index (χ1) is 38.7. The van der Waals surface area contributed by atoms with Gasteiger partial charge in [-0.1, -0.05) is 80.4 Å². The third kappa shape index (κ3) is 17.5. The molecule has 22 nitrogen and oxygen atoms in total. The number of aliphatic hydroxyl groups excluding tert-OH is 1. The maximum Gasteiger partial charge on any atom is 0.329 e. The SMILES string of the molecule is CC[C@H](C)[C@H]1NC(=O)[C@H](NC(=O)[C@@H](CC(C)C)N(C)C(=O)CCCCC2SCC3NC(=O)NC32)[C@@H](C)OC(=O)[C@H](Cc2ccc(OC)cc2)N(C)C(=O)[C@@H]2CCCN2C(=O)[C@H](CC(C)C)NC(=O)[C@@H](C)C(=O)[C@H](C(C)C)OC(=O)C[C@@H]1O. The van der Waals surface area contributed by atoms with E-state index in [2.05, 4.69) is 26.6 Å². The monoisotopic (exact) mass is 1170 g/mol. The number of carbonyl (C=O) groups is 10. The molecule has 6 N–H and O–H groups in total. The van der Waals surface area contributed by atoms with Crippen molar-refractivity contribution in [1.82, 2.24) is 41.3 Å². The van der Waals surface area contributed by atoms with Gasteiger partial charge in [0.25, 0.3) is 0 Å². The van der Waals surface area contributed by atoms with Crippen LogP contribution in [0, 0.1) is 29.6 Å². The van der Waals surface area contributed by atoms with Gasteiger partial charge in [0.05, 0.1) is 43.7 Å². The van der Waals surface area contributed by atoms with Gasteiger partial charge in [0.2, 0.25) is 35.4 Å². The topological polar surface area (TPSA) is 288 Å². The third-order valence-corrected chi connectivity index (χ3v) is 17.9. The van der Waals surface area contributed by atoms with Crippen LogP contribution < -0.4 is 31.3 Å². The molecule has 14 atom stereocenters. The van der Waals surface area contributed by atoms with Crippen molar-refractivity contribution in [2.24, 2.45) is 29.6 Å². The highest BCUT2D eigenvalue weighted by atomic mass is 32.2. The molecular formula is C59H92N8O14S. The molecule has 4 aliphatic rings. The van der Waals surface area contributed by atoms with E-state index in [4.69, 9.17) is 14.2 Å². The van der Waals surface area contributed by atoms with Crippen molar-refractivity contribution < 1.29 is 67.3 Å². The zero-order valence-electron chi connectivity index (χ0n) is 50.3. The molecule has 1 aromatic rings. The summed E-state index contributed by atoms with van der Waals surface area (Å²) in [5, 5.41) is 26.4. The van der Waals surface area contributed by atoms with E-state index in [9.17, 15) is 48.3 Å². The lowest BCUT2D eigenvalue weighted by molar-refractivity contribution is -0.163. The maximum absolute atomic E-state index is 15.0. The molecule has 1 aromatic carbocycles. The minimum absolute atomic E-state index is 0.0194. The van der Waals surface area contributed by atoms with E-state index in [1.807, 2.05) is 27.7 Å². The van der Waals surface area contributed by atoms with Gasteiger partial charge in [-0.15, -0.1) is 0 Å². The second-order valence-corrected chi connectivity index (χ2v) is 25.3. The van der Waals surface area contributed by atoms with Crippen LogP contribution in [0.1, 0.15) is 139 Å². The summed E-state index contributed by atoms with van der Waals surface area (Å²) in [5.41, 5.74) is 0.594. The summed E-state index contributed by atoms with van der Waals surface area (Å²) in [6.07, 6.45) is -1.90. The Bertz CT molecular complexity index is 2430. The Labute approximate surface area is 488 Å². The van der Waals surface area contributed by atoms with Gasteiger partial charge in [-0.25, -0.2) is 9.59 Å². The molecule has 82 heavy (non-hydrogen) atoms. The van der Waals surface area contributed by atoms with Crippen molar-refractivity contribution >= 4 is 71.0 Å². The zero-order chi connectivity index (χ0) is 60.9. The molecule has 4 saturated heterocycles. The standard InChI is InChI=1S/C59H92N8O14S/c1-14-34(8)48-44(68)29-47(70)81-52(33(6)7)51(71)35(9)53(72)60-39(26-31(2)3)56(75)67-25-17-18-41(67)57(76)66(12)43(28-37-21-23-38(79-13)24-22-37)58(77)80-36(10)49(55(74)62-48)63-54(73)42(27-32(4)5)65(11)46(69)20-16-15-19-45-50-40(30-82-45)61-59(78)64-50/h21-24,31-36,39-45,48-50,52,68H,14-20,25-30H2,1-13H3,(H,60,72)(H,62,74)(H,63,73)(H2,61,64,78)/t34-,35-,36+,39-,40?,41-,42+,43-,44-,45?,48+,49+,50?,52-/m0/s1. The Morgan fingerprint density at radius 1 is 0.890 bits per heavy atom. The molecule has 0 spiro atoms. The number of nitrogens with one attached hydrogen (secondary N) is 5. The van der Waals surface area contributed by atoms with Crippen molar-refractivity contribution in [3.63, 3.8) is 0 Å². The van der Waals surface area contributed by atoms with Crippen LogP contribution in [0.5, 0.6) is 5.75 Å². The van der Waals surface area contributed by atoms with Crippen molar-refractivity contribution in [3.8, 4) is 5.75 Å². The van der Waals surface area contributed by atoms with Gasteiger partial charge in [0, 0.05) is 44.5 Å². The molecule has 0 aromatic heterocycles. The van der Waals surface area contributed by atoms with Crippen LogP contribution in [-0.4, -0.2) is 184 Å². The Hall–Kier alpha value is -5.97. The predicted octanol–water partition coefficient (Wildman–Crippen LogP) is 3.67. The Kier molecular flexibility index (Phi) is 24.9. The third-order valence-electron chi connectivity index (χ3n) is 16.4. The number of rotatable bonds is 18. The van der Waals surface area contributed by atoms with Crippen molar-refractivity contribution in [3.05, 3.63) is 29.8 Å². The number of Topliss-reactive ketones (excluding diaryl/α,β-unsaturated/α-hetero) is 1. The van der Waals surface area contributed by atoms with Crippen molar-refractivity contribution in [2.45, 2.75) is 212 Å². The number of amides is 8. The normalized spacial score (nSPS) is 29.0. The van der Waals surface area contributed by atoms with Crippen LogP contribution in [0.25, 0.3) is 0 Å². The highest BCUT2D eigenvalue weighted by Crippen LogP contribution is 2.34. The number of cyclic esters (lactones) is 2. The summed E-state index contributed by atoms with van der Waals surface area (Å²) in [4.78, 5) is 146. The van der Waals surface area contributed by atoms with Crippen LogP contribution in [0.2, 0.25) is 0 Å². The average Bonchev–Trinajstić information content (AvgIpc) is 4.22. The van der Waals surface area contributed by atoms with E-state index in [0.717, 1.165) is 12.2 Å². The Morgan fingerprint density at radius 2 is 1.57 bits per heavy atom. The fraction of sp³-hybridized carbons (Fsp3) is 0.729. The van der Waals surface area contributed by atoms with Crippen LogP contribution in [0.15, 0.2) is 24.3 Å². The molecular weight excluding hydrogens is 1080 g/mol. The molecule has 5 rings (SSSR count). The van der Waals surface area contributed by atoms with Crippen LogP contribution in [-0.2, 0) is 59.0 Å². The van der Waals surface area contributed by atoms with E-state index in [1.54, 1.807) is 63.7 Å². The predicted molar refractivity (Wildman–Crippen MR) is 308 cm³/mol. The van der Waals surface area contributed by atoms with E-state index in [1.165, 1.54) is 49.8 Å². The fourth-order valence-corrected chi connectivity index (χ4v) is 12.8. The highest BCUT2D eigenvalue weighted by Gasteiger charge is 2.46. The second-order valence-electron chi connectivity index (χ2n) is 24.0. The number of urea groups is 1. The second kappa shape index (κ2) is 30.5. The minimum Gasteiger partial charge on any atom is -0.497 e. The molecule has 458 valence electrons. The smallest absolute Gasteiger partial charge is 0.329 e. The molecule has 8 amide bonds. The van der Waals surface area contributed by atoms with Crippen LogP contribution in [0.4, 0.5) is 4.79 Å². The molecule has 0 radical (unpaired) electrons. The lowest BCUT2D eigenvalue weighted by atomic mass is 9.91. The number of benzene rings is 1. The largest absolute Gasteiger partial charge is 0.497 e. The number of ether oxygens (including phenoxy) is 3. The van der Waals surface area contributed by atoms with Crippen molar-refractivity contribution in [1.29, 1.82) is 0 Å². The number of esters is 2. The Morgan fingerprint density at radius 3 is 2.20 bits per heavy atom. The number of aliphatic hydroxyl groups is 1. The molecule has 4 fully saturated rings. The summed E-state index contributed by atoms with van der Waals surface area (Å²) in [5.74, 6) is -8.10. The zero-order valence-corrected chi connectivity index (χ0v) is 51.1. The molecule has 23 heteroatoms. The molecule has 4 aliphatic heterocycles. The van der Waals surface area contributed by atoms with E-state index in [0.29, 0.717) is 37.0 Å². The number of ketones is 1. The maximum atomic E-state index is 15.0. The number of likely N-dealkylation sites (N-methyl/N-ethyl adjacent to an activating group) is 2. The summed E-state index contributed by atoms with van der Waals surface area (Å²) in [6.45, 7) is 17.2. The lowest BCUT2D eigenvalue weighted by Gasteiger charge is -2.36. The summed E-state index contributed by atoms with van der Waals surface area (Å²) in [7, 11) is 4.45. The number of methoxy groups -OCH3 is 1. The molecule has 0 aliphatic carbocycles. The van der Waals surface area contributed by atoms with Crippen molar-refractivity contribution in [2.75, 3.05) is 33.5 Å². The quantitative estimate of drug-likeness (QED) is 0.0529. The van der Waals surface area contributed by atoms with Gasteiger partial charge >= 0.3 is 18.0 Å². The first-order valence-electron chi connectivity index (χ1n) is 29.3. The summed E-state index contributed by atoms with van der Waals surface area (Å²) >= 11 is 1.78. The summed E-state index contributed by atoms with van der Waals surface area (Å²) in [6, 6.07) is -0.891. The molecule has 0 bridgehead atoms. The number of carbonyl (C=O) groups excluding carboxylic acids is 10. The van der Waals surface area contributed by atoms with Gasteiger partial charge < -0.3 is 60.6 Å². The van der Waals surface area contributed by atoms with Gasteiger partial charge in [0.1, 0.15) is 42.1 Å². The number of fused-ring (bicyclic) bond motifs is 2. The van der Waals surface area contributed by atoms with Gasteiger partial charge in [-0.2, -0.15) is 11.8 Å². The number of hydrogen-bond donors (Lipinski definition) is 6. The van der Waals surface area contributed by atoms with E-state index < -0.39 is 126 Å². The number of unbranched alkanes of at least 4 members (excludes halogenated alkanes) is 1. The molecule has 0 saturated carbocycles. The fourth-order valence-electron chi connectivity index (χ4n) is 11.2. The minimum atomic E-state index is -1.70. The Balaban J connectivity index is 1.54. The number of hydrogen-bond acceptors (Lipinski definition) is 15. The van der Waals surface area contributed by atoms with Crippen LogP contribution in [0.3, 0.4) is 0 Å². The highest BCUT2D eigenvalue weighted by molar-refractivity contribution is 8.00. The molecule has 3 unspecified atom stereocenters. The average molecular weight is 1170 g/mol. The van der Waals surface area contributed by atoms with Crippen LogP contribution >= 0.6 is 11.8 Å². The van der Waals surface area contributed by atoms with E-state index in [-0.39, 0.29) is 79.8 Å². The van der Waals surface area contributed by atoms with Gasteiger partial charge in [0.15, 0.2) is 11.9 Å². The van der Waals surface area contributed by atoms with E-state index >= 15 is 4.79 Å². The summed E-state index contributed by atoms with van der Waals surface area (Å²) < 4.78 is 17.3. The number of thioether (sulfide) groups is 1. The van der Waals surface area contributed by atoms with Gasteiger partial charge in [-0.05, 0) is 93.7 Å². The van der Waals surface area contributed by atoms with Gasteiger partial charge in [-0.3, -0.25) is 38.4 Å². The number of nitrogens with zero attached hydrogens (tertiary/aromatic N) is 3. The first kappa shape index (κ1) is 66.8. The lowest BCUT2D eigenvalue weighted by Crippen LogP contribution is -2.61. The molecule has 4 heterocycles.